The Morgan fingerprint density at radius 2 is 2.00 bits per heavy atom. The van der Waals surface area contributed by atoms with Crippen molar-refractivity contribution in [1.82, 2.24) is 15.5 Å². The standard InChI is InChI=1S/C23H25ClN4O2/c1-2-30-20-9-3-16(4-10-20)13-23(29)25-19-11-12-28(15-19)22-14-21(26-27-22)17-5-7-18(24)8-6-17/h3-10,14,19H,2,11-13,15H2,1H3,(H,25,29)(H,26,27). The van der Waals surface area contributed by atoms with E-state index in [9.17, 15) is 4.79 Å². The Hall–Kier alpha value is -2.99. The lowest BCUT2D eigenvalue weighted by Crippen LogP contribution is -2.38. The molecule has 2 N–H and O–H groups in total. The van der Waals surface area contributed by atoms with Gasteiger partial charge in [-0.3, -0.25) is 9.89 Å². The highest BCUT2D eigenvalue weighted by molar-refractivity contribution is 6.30. The molecule has 0 aliphatic carbocycles. The summed E-state index contributed by atoms with van der Waals surface area (Å²) in [6, 6.07) is 17.5. The molecule has 6 nitrogen and oxygen atoms in total. The minimum absolute atomic E-state index is 0.0369. The highest BCUT2D eigenvalue weighted by Crippen LogP contribution is 2.25. The second-order valence-corrected chi connectivity index (χ2v) is 7.84. The van der Waals surface area contributed by atoms with E-state index in [4.69, 9.17) is 16.3 Å². The third-order valence-corrected chi connectivity index (χ3v) is 5.45. The van der Waals surface area contributed by atoms with Crippen molar-refractivity contribution in [2.45, 2.75) is 25.8 Å². The number of hydrogen-bond donors (Lipinski definition) is 2. The Bertz CT molecular complexity index is 985. The van der Waals surface area contributed by atoms with Crippen LogP contribution in [0.3, 0.4) is 0 Å². The number of hydrogen-bond acceptors (Lipinski definition) is 4. The molecule has 2 heterocycles. The smallest absolute Gasteiger partial charge is 0.224 e. The van der Waals surface area contributed by atoms with E-state index in [1.165, 1.54) is 0 Å². The highest BCUT2D eigenvalue weighted by Gasteiger charge is 2.25. The van der Waals surface area contributed by atoms with E-state index in [1.54, 1.807) is 0 Å². The first-order chi connectivity index (χ1) is 14.6. The van der Waals surface area contributed by atoms with Crippen molar-refractivity contribution >= 4 is 23.3 Å². The van der Waals surface area contributed by atoms with Crippen molar-refractivity contribution in [3.63, 3.8) is 0 Å². The normalized spacial score (nSPS) is 15.9. The summed E-state index contributed by atoms with van der Waals surface area (Å²) in [5.41, 5.74) is 2.97. The van der Waals surface area contributed by atoms with E-state index in [0.29, 0.717) is 18.1 Å². The summed E-state index contributed by atoms with van der Waals surface area (Å²) in [7, 11) is 0. The van der Waals surface area contributed by atoms with Gasteiger partial charge in [-0.2, -0.15) is 5.10 Å². The van der Waals surface area contributed by atoms with E-state index in [-0.39, 0.29) is 11.9 Å². The number of amides is 1. The Labute approximate surface area is 181 Å². The van der Waals surface area contributed by atoms with Gasteiger partial charge in [0.25, 0.3) is 0 Å². The second kappa shape index (κ2) is 9.22. The van der Waals surface area contributed by atoms with Crippen LogP contribution < -0.4 is 15.0 Å². The second-order valence-electron chi connectivity index (χ2n) is 7.40. The predicted octanol–water partition coefficient (Wildman–Crippen LogP) is 4.07. The van der Waals surface area contributed by atoms with Gasteiger partial charge in [0.15, 0.2) is 5.82 Å². The Morgan fingerprint density at radius 3 is 2.73 bits per heavy atom. The molecule has 1 saturated heterocycles. The average molecular weight is 425 g/mol. The van der Waals surface area contributed by atoms with Crippen LogP contribution in [-0.2, 0) is 11.2 Å². The molecule has 3 aromatic rings. The van der Waals surface area contributed by atoms with Crippen molar-refractivity contribution in [3.05, 3.63) is 65.2 Å². The number of H-pyrrole nitrogens is 1. The maximum Gasteiger partial charge on any atom is 0.224 e. The SMILES string of the molecule is CCOc1ccc(CC(=O)NC2CCN(c3cc(-c4ccc(Cl)cc4)[nH]n3)C2)cc1. The number of nitrogens with one attached hydrogen (secondary N) is 2. The number of halogens is 1. The fraction of sp³-hybridized carbons (Fsp3) is 0.304. The lowest BCUT2D eigenvalue weighted by Gasteiger charge is -2.16. The van der Waals surface area contributed by atoms with Crippen LogP contribution in [0.15, 0.2) is 54.6 Å². The van der Waals surface area contributed by atoms with Crippen molar-refractivity contribution in [2.24, 2.45) is 0 Å². The fourth-order valence-corrected chi connectivity index (χ4v) is 3.80. The van der Waals surface area contributed by atoms with Crippen molar-refractivity contribution in [3.8, 4) is 17.0 Å². The molecule has 1 aliphatic rings. The lowest BCUT2D eigenvalue weighted by atomic mass is 10.1. The fourth-order valence-electron chi connectivity index (χ4n) is 3.67. The molecule has 0 saturated carbocycles. The number of benzene rings is 2. The van der Waals surface area contributed by atoms with Crippen LogP contribution in [0.1, 0.15) is 18.9 Å². The molecule has 1 aliphatic heterocycles. The number of rotatable bonds is 7. The van der Waals surface area contributed by atoms with E-state index >= 15 is 0 Å². The molecule has 30 heavy (non-hydrogen) atoms. The third kappa shape index (κ3) is 4.94. The number of aromatic amines is 1. The summed E-state index contributed by atoms with van der Waals surface area (Å²) in [4.78, 5) is 14.6. The van der Waals surface area contributed by atoms with Gasteiger partial charge in [-0.05, 0) is 48.7 Å². The molecule has 0 radical (unpaired) electrons. The molecule has 1 fully saturated rings. The number of nitrogens with zero attached hydrogens (tertiary/aromatic N) is 2. The zero-order valence-corrected chi connectivity index (χ0v) is 17.7. The molecule has 2 aromatic carbocycles. The molecule has 1 amide bonds. The summed E-state index contributed by atoms with van der Waals surface area (Å²) in [6.07, 6.45) is 1.27. The van der Waals surface area contributed by atoms with E-state index < -0.39 is 0 Å². The van der Waals surface area contributed by atoms with Crippen molar-refractivity contribution < 1.29 is 9.53 Å². The molecule has 0 bridgehead atoms. The first kappa shape index (κ1) is 20.3. The Morgan fingerprint density at radius 1 is 1.23 bits per heavy atom. The monoisotopic (exact) mass is 424 g/mol. The maximum atomic E-state index is 12.4. The van der Waals surface area contributed by atoms with Gasteiger partial charge in [-0.25, -0.2) is 0 Å². The van der Waals surface area contributed by atoms with Gasteiger partial charge in [0.1, 0.15) is 5.75 Å². The van der Waals surface area contributed by atoms with E-state index in [1.807, 2.05) is 61.5 Å². The van der Waals surface area contributed by atoms with Gasteiger partial charge in [0.2, 0.25) is 5.91 Å². The van der Waals surface area contributed by atoms with Gasteiger partial charge >= 0.3 is 0 Å². The lowest BCUT2D eigenvalue weighted by molar-refractivity contribution is -0.121. The van der Waals surface area contributed by atoms with Gasteiger partial charge in [-0.1, -0.05) is 35.9 Å². The number of carbonyl (C=O) groups excluding carboxylic acids is 1. The zero-order valence-electron chi connectivity index (χ0n) is 16.9. The minimum Gasteiger partial charge on any atom is -0.494 e. The Balaban J connectivity index is 1.30. The van der Waals surface area contributed by atoms with Gasteiger partial charge < -0.3 is 15.0 Å². The first-order valence-electron chi connectivity index (χ1n) is 10.2. The number of carbonyl (C=O) groups is 1. The molecular weight excluding hydrogens is 400 g/mol. The third-order valence-electron chi connectivity index (χ3n) is 5.20. The van der Waals surface area contributed by atoms with Crippen LogP contribution in [0.2, 0.25) is 5.02 Å². The van der Waals surface area contributed by atoms with E-state index in [2.05, 4.69) is 20.4 Å². The van der Waals surface area contributed by atoms with Crippen LogP contribution in [0.25, 0.3) is 11.3 Å². The predicted molar refractivity (Wildman–Crippen MR) is 119 cm³/mol. The van der Waals surface area contributed by atoms with Crippen molar-refractivity contribution in [2.75, 3.05) is 24.6 Å². The van der Waals surface area contributed by atoms with Gasteiger partial charge in [0, 0.05) is 30.2 Å². The van der Waals surface area contributed by atoms with Crippen LogP contribution >= 0.6 is 11.6 Å². The van der Waals surface area contributed by atoms with Crippen LogP contribution in [0.4, 0.5) is 5.82 Å². The molecule has 0 spiro atoms. The summed E-state index contributed by atoms with van der Waals surface area (Å²) >= 11 is 5.96. The largest absolute Gasteiger partial charge is 0.494 e. The minimum atomic E-state index is 0.0369. The molecule has 1 aromatic heterocycles. The summed E-state index contributed by atoms with van der Waals surface area (Å²) in [6.45, 7) is 4.20. The molecule has 1 unspecified atom stereocenters. The number of ether oxygens (including phenoxy) is 1. The maximum absolute atomic E-state index is 12.4. The molecule has 4 rings (SSSR count). The van der Waals surface area contributed by atoms with Gasteiger partial charge in [-0.15, -0.1) is 0 Å². The van der Waals surface area contributed by atoms with Crippen LogP contribution in [-0.4, -0.2) is 41.8 Å². The summed E-state index contributed by atoms with van der Waals surface area (Å²) in [5, 5.41) is 11.4. The van der Waals surface area contributed by atoms with Gasteiger partial charge in [0.05, 0.1) is 18.7 Å². The topological polar surface area (TPSA) is 70.2 Å². The molecule has 156 valence electrons. The zero-order chi connectivity index (χ0) is 20.9. The first-order valence-corrected chi connectivity index (χ1v) is 10.6. The number of anilines is 1. The Kier molecular flexibility index (Phi) is 6.23. The molecular formula is C23H25ClN4O2. The van der Waals surface area contributed by atoms with Crippen molar-refractivity contribution in [1.29, 1.82) is 0 Å². The summed E-state index contributed by atoms with van der Waals surface area (Å²) < 4.78 is 5.44. The quantitative estimate of drug-likeness (QED) is 0.600. The average Bonchev–Trinajstić information content (AvgIpc) is 3.40. The van der Waals surface area contributed by atoms with E-state index in [0.717, 1.165) is 47.9 Å². The van der Waals surface area contributed by atoms with Crippen LogP contribution in [0, 0.1) is 0 Å². The molecule has 1 atom stereocenters. The van der Waals surface area contributed by atoms with Crippen LogP contribution in [0.5, 0.6) is 5.75 Å². The molecule has 7 heteroatoms. The number of aromatic nitrogens is 2. The highest BCUT2D eigenvalue weighted by atomic mass is 35.5. The summed E-state index contributed by atoms with van der Waals surface area (Å²) in [5.74, 6) is 1.75.